The van der Waals surface area contributed by atoms with E-state index in [2.05, 4.69) is 0 Å². The fourth-order valence-electron chi connectivity index (χ4n) is 1.74. The Kier molecular flexibility index (Phi) is 5.77. The molecule has 0 saturated carbocycles. The fourth-order valence-corrected chi connectivity index (χ4v) is 1.74. The molecule has 0 amide bonds. The summed E-state index contributed by atoms with van der Waals surface area (Å²) in [5, 5.41) is 19.7. The summed E-state index contributed by atoms with van der Waals surface area (Å²) in [4.78, 5) is 10.9. The number of non-ortho nitro benzene ring substituents is 1. The molecule has 118 valence electrons. The first-order chi connectivity index (χ1) is 9.76. The van der Waals surface area contributed by atoms with E-state index in [0.29, 0.717) is 0 Å². The molecule has 0 heterocycles. The largest absolute Gasteiger partial charge is 0.494 e. The topological polar surface area (TPSA) is 75.8 Å². The molecule has 0 saturated heterocycles. The smallest absolute Gasteiger partial charge is 0.405 e. The molecule has 0 aliphatic heterocycles. The number of nitrogens with zero attached hydrogens (tertiary/aromatic N) is 2. The van der Waals surface area contributed by atoms with Crippen LogP contribution in [-0.4, -0.2) is 42.5 Å². The summed E-state index contributed by atoms with van der Waals surface area (Å²) >= 11 is 0. The number of nitro benzene ring substituents is 1. The minimum Gasteiger partial charge on any atom is -0.494 e. The maximum atomic E-state index is 12.5. The van der Waals surface area contributed by atoms with Gasteiger partial charge >= 0.3 is 6.18 Å². The number of aliphatic hydroxyl groups is 1. The van der Waals surface area contributed by atoms with Gasteiger partial charge in [0.15, 0.2) is 0 Å². The summed E-state index contributed by atoms with van der Waals surface area (Å²) in [5.74, 6) is 0.104. The third kappa shape index (κ3) is 5.46. The van der Waals surface area contributed by atoms with Crippen LogP contribution in [0.3, 0.4) is 0 Å². The molecule has 21 heavy (non-hydrogen) atoms. The maximum Gasteiger partial charge on any atom is 0.405 e. The lowest BCUT2D eigenvalue weighted by Gasteiger charge is -2.25. The zero-order valence-corrected chi connectivity index (χ0v) is 11.3. The van der Waals surface area contributed by atoms with Crippen LogP contribution in [0.25, 0.3) is 0 Å². The number of alkyl halides is 3. The molecule has 1 N–H and O–H groups in total. The van der Waals surface area contributed by atoms with Crippen molar-refractivity contribution in [1.29, 1.82) is 0 Å². The Morgan fingerprint density at radius 1 is 1.38 bits per heavy atom. The monoisotopic (exact) mass is 308 g/mol. The van der Waals surface area contributed by atoms with Gasteiger partial charge < -0.3 is 14.7 Å². The van der Waals surface area contributed by atoms with Gasteiger partial charge in [-0.05, 0) is 6.92 Å². The lowest BCUT2D eigenvalue weighted by Crippen LogP contribution is -2.36. The molecular formula is C12H15F3N2O4. The summed E-state index contributed by atoms with van der Waals surface area (Å²) in [5.41, 5.74) is -0.403. The summed E-state index contributed by atoms with van der Waals surface area (Å²) < 4.78 is 42.7. The first-order valence-electron chi connectivity index (χ1n) is 6.11. The Morgan fingerprint density at radius 2 is 2.05 bits per heavy atom. The number of rotatable bonds is 7. The van der Waals surface area contributed by atoms with E-state index in [1.807, 2.05) is 0 Å². The SMILES string of the molecule is CCOc1cc(N(CCO)CC(F)(F)F)cc([N+](=O)[O-])c1. The van der Waals surface area contributed by atoms with Gasteiger partial charge in [-0.15, -0.1) is 0 Å². The van der Waals surface area contributed by atoms with Gasteiger partial charge in [0.25, 0.3) is 5.69 Å². The lowest BCUT2D eigenvalue weighted by atomic mass is 10.2. The highest BCUT2D eigenvalue weighted by molar-refractivity contribution is 5.58. The van der Waals surface area contributed by atoms with Crippen LogP contribution in [0, 0.1) is 10.1 Å². The summed E-state index contributed by atoms with van der Waals surface area (Å²) in [6.07, 6.45) is -4.49. The predicted octanol–water partition coefficient (Wildman–Crippen LogP) is 2.35. The molecule has 0 aliphatic rings. The Hall–Kier alpha value is -2.03. The molecule has 0 aliphatic carbocycles. The van der Waals surface area contributed by atoms with Crippen molar-refractivity contribution >= 4 is 11.4 Å². The van der Waals surface area contributed by atoms with Crippen LogP contribution in [0.4, 0.5) is 24.5 Å². The van der Waals surface area contributed by atoms with Gasteiger partial charge in [-0.2, -0.15) is 13.2 Å². The lowest BCUT2D eigenvalue weighted by molar-refractivity contribution is -0.384. The number of hydrogen-bond acceptors (Lipinski definition) is 5. The highest BCUT2D eigenvalue weighted by atomic mass is 19.4. The fraction of sp³-hybridized carbons (Fsp3) is 0.500. The molecule has 0 radical (unpaired) electrons. The highest BCUT2D eigenvalue weighted by Gasteiger charge is 2.31. The van der Waals surface area contributed by atoms with Gasteiger partial charge in [-0.3, -0.25) is 10.1 Å². The van der Waals surface area contributed by atoms with Crippen molar-refractivity contribution in [3.63, 3.8) is 0 Å². The predicted molar refractivity (Wildman–Crippen MR) is 69.6 cm³/mol. The molecule has 9 heteroatoms. The number of anilines is 1. The molecular weight excluding hydrogens is 293 g/mol. The van der Waals surface area contributed by atoms with Crippen LogP contribution in [0.2, 0.25) is 0 Å². The highest BCUT2D eigenvalue weighted by Crippen LogP contribution is 2.30. The molecule has 6 nitrogen and oxygen atoms in total. The average Bonchev–Trinajstić information content (AvgIpc) is 2.36. The number of benzene rings is 1. The molecule has 0 bridgehead atoms. The number of halogens is 3. The zero-order chi connectivity index (χ0) is 16.0. The summed E-state index contributed by atoms with van der Waals surface area (Å²) in [6.45, 7) is -0.255. The average molecular weight is 308 g/mol. The molecule has 0 unspecified atom stereocenters. The first kappa shape index (κ1) is 17.0. The summed E-state index contributed by atoms with van der Waals surface area (Å²) in [7, 11) is 0. The zero-order valence-electron chi connectivity index (χ0n) is 11.3. The third-order valence-electron chi connectivity index (χ3n) is 2.50. The van der Waals surface area contributed by atoms with Crippen LogP contribution in [0.5, 0.6) is 5.75 Å². The van der Waals surface area contributed by atoms with Crippen molar-refractivity contribution in [2.75, 3.05) is 31.2 Å². The van der Waals surface area contributed by atoms with E-state index in [0.717, 1.165) is 17.0 Å². The molecule has 1 aromatic carbocycles. The Labute approximate surface area is 118 Å². The van der Waals surface area contributed by atoms with Crippen molar-refractivity contribution in [2.24, 2.45) is 0 Å². The normalized spacial score (nSPS) is 11.3. The van der Waals surface area contributed by atoms with E-state index in [1.165, 1.54) is 6.07 Å². The maximum absolute atomic E-state index is 12.5. The number of ether oxygens (including phenoxy) is 1. The number of aliphatic hydroxyl groups excluding tert-OH is 1. The molecule has 0 aromatic heterocycles. The number of hydrogen-bond donors (Lipinski definition) is 1. The Morgan fingerprint density at radius 3 is 2.52 bits per heavy atom. The van der Waals surface area contributed by atoms with Crippen LogP contribution in [-0.2, 0) is 0 Å². The molecule has 0 spiro atoms. The van der Waals surface area contributed by atoms with E-state index in [1.54, 1.807) is 6.92 Å². The van der Waals surface area contributed by atoms with Crippen LogP contribution in [0.1, 0.15) is 6.92 Å². The molecule has 0 fully saturated rings. The van der Waals surface area contributed by atoms with Gasteiger partial charge in [-0.25, -0.2) is 0 Å². The standard InChI is InChI=1S/C12H15F3N2O4/c1-2-21-11-6-9(5-10(7-11)17(19)20)16(3-4-18)8-12(13,14)15/h5-7,18H,2-4,8H2,1H3. The van der Waals surface area contributed by atoms with Gasteiger partial charge in [0.1, 0.15) is 12.3 Å². The van der Waals surface area contributed by atoms with Crippen molar-refractivity contribution in [3.8, 4) is 5.75 Å². The van der Waals surface area contributed by atoms with E-state index >= 15 is 0 Å². The van der Waals surface area contributed by atoms with Gasteiger partial charge in [0.05, 0.1) is 24.2 Å². The third-order valence-corrected chi connectivity index (χ3v) is 2.50. The number of nitro groups is 1. The quantitative estimate of drug-likeness (QED) is 0.618. The second-order valence-corrected chi connectivity index (χ2v) is 4.14. The Bertz CT molecular complexity index is 494. The van der Waals surface area contributed by atoms with Gasteiger partial charge in [-0.1, -0.05) is 0 Å². The van der Waals surface area contributed by atoms with Crippen molar-refractivity contribution < 1.29 is 27.9 Å². The van der Waals surface area contributed by atoms with Crippen LogP contribution in [0.15, 0.2) is 18.2 Å². The first-order valence-corrected chi connectivity index (χ1v) is 6.11. The molecule has 1 rings (SSSR count). The van der Waals surface area contributed by atoms with E-state index < -0.39 is 24.3 Å². The van der Waals surface area contributed by atoms with Gasteiger partial charge in [0.2, 0.25) is 0 Å². The minimum absolute atomic E-state index is 0.0287. The second kappa shape index (κ2) is 7.11. The van der Waals surface area contributed by atoms with Crippen LogP contribution < -0.4 is 9.64 Å². The summed E-state index contributed by atoms with van der Waals surface area (Å²) in [6, 6.07) is 3.43. The minimum atomic E-state index is -4.49. The van der Waals surface area contributed by atoms with Crippen molar-refractivity contribution in [3.05, 3.63) is 28.3 Å². The van der Waals surface area contributed by atoms with E-state index in [-0.39, 0.29) is 30.3 Å². The van der Waals surface area contributed by atoms with Crippen molar-refractivity contribution in [1.82, 2.24) is 0 Å². The van der Waals surface area contributed by atoms with E-state index in [9.17, 15) is 23.3 Å². The van der Waals surface area contributed by atoms with E-state index in [4.69, 9.17) is 9.84 Å². The van der Waals surface area contributed by atoms with Crippen molar-refractivity contribution in [2.45, 2.75) is 13.1 Å². The second-order valence-electron chi connectivity index (χ2n) is 4.14. The molecule has 1 aromatic rings. The van der Waals surface area contributed by atoms with Gasteiger partial charge in [0, 0.05) is 24.4 Å². The Balaban J connectivity index is 3.18. The van der Waals surface area contributed by atoms with Crippen LogP contribution >= 0.6 is 0 Å². The molecule has 0 atom stereocenters.